The van der Waals surface area contributed by atoms with Crippen molar-refractivity contribution < 1.29 is 19.3 Å². The summed E-state index contributed by atoms with van der Waals surface area (Å²) in [5, 5.41) is 13.6. The van der Waals surface area contributed by atoms with Crippen LogP contribution in [0.4, 0.5) is 17.1 Å². The molecule has 1 N–H and O–H groups in total. The molecule has 3 amide bonds. The Labute approximate surface area is 229 Å². The standard InChI is InChI=1S/C27H16IN3O5S/c28-17-2-1-3-18(15-17)29-25(32)16-4-13-23-24(14-16)27(34)30(26(23)33)19-5-9-21(10-6-19)37-22-11-7-20(8-12-22)31(35)36/h1-15H,(H,29,32). The third-order valence-corrected chi connectivity index (χ3v) is 7.30. The van der Waals surface area contributed by atoms with E-state index in [1.165, 1.54) is 42.1 Å². The molecule has 0 unspecified atom stereocenters. The second kappa shape index (κ2) is 10.1. The molecule has 4 aromatic rings. The molecular weight excluding hydrogens is 605 g/mol. The first-order chi connectivity index (χ1) is 17.8. The van der Waals surface area contributed by atoms with Gasteiger partial charge in [0.1, 0.15) is 0 Å². The zero-order valence-electron chi connectivity index (χ0n) is 18.9. The molecule has 0 atom stereocenters. The number of carbonyl (C=O) groups excluding carboxylic acids is 3. The number of anilines is 2. The molecule has 0 spiro atoms. The molecule has 37 heavy (non-hydrogen) atoms. The highest BCUT2D eigenvalue weighted by Crippen LogP contribution is 2.33. The van der Waals surface area contributed by atoms with Crippen LogP contribution in [0.2, 0.25) is 0 Å². The fourth-order valence-corrected chi connectivity index (χ4v) is 5.18. The van der Waals surface area contributed by atoms with Gasteiger partial charge in [-0.2, -0.15) is 0 Å². The van der Waals surface area contributed by atoms with Gasteiger partial charge in [-0.3, -0.25) is 24.5 Å². The van der Waals surface area contributed by atoms with E-state index in [4.69, 9.17) is 0 Å². The Morgan fingerprint density at radius 1 is 0.838 bits per heavy atom. The zero-order chi connectivity index (χ0) is 26.1. The number of rotatable bonds is 6. The third kappa shape index (κ3) is 5.11. The monoisotopic (exact) mass is 621 g/mol. The van der Waals surface area contributed by atoms with Gasteiger partial charge in [0.15, 0.2) is 0 Å². The smallest absolute Gasteiger partial charge is 0.269 e. The summed E-state index contributed by atoms with van der Waals surface area (Å²) in [6.45, 7) is 0. The van der Waals surface area contributed by atoms with Crippen LogP contribution in [0.5, 0.6) is 0 Å². The summed E-state index contributed by atoms with van der Waals surface area (Å²) < 4.78 is 0.970. The number of nitrogens with zero attached hydrogens (tertiary/aromatic N) is 2. The minimum Gasteiger partial charge on any atom is -0.322 e. The van der Waals surface area contributed by atoms with Gasteiger partial charge < -0.3 is 5.32 Å². The van der Waals surface area contributed by atoms with E-state index in [0.717, 1.165) is 18.3 Å². The SMILES string of the molecule is O=C(Nc1cccc(I)c1)c1ccc2c(c1)C(=O)N(c1ccc(Sc3ccc([N+](=O)[O-])cc3)cc1)C2=O. The molecule has 0 saturated heterocycles. The lowest BCUT2D eigenvalue weighted by atomic mass is 10.1. The van der Waals surface area contributed by atoms with Crippen molar-refractivity contribution in [2.24, 2.45) is 0 Å². The lowest BCUT2D eigenvalue weighted by molar-refractivity contribution is -0.384. The molecule has 0 radical (unpaired) electrons. The highest BCUT2D eigenvalue weighted by atomic mass is 127. The molecule has 5 rings (SSSR count). The van der Waals surface area contributed by atoms with Crippen LogP contribution in [0, 0.1) is 13.7 Å². The maximum Gasteiger partial charge on any atom is 0.269 e. The van der Waals surface area contributed by atoms with Crippen molar-refractivity contribution in [3.8, 4) is 0 Å². The van der Waals surface area contributed by atoms with Crippen LogP contribution in [0.25, 0.3) is 0 Å². The number of benzene rings is 4. The number of nitro groups is 1. The Balaban J connectivity index is 1.32. The first-order valence-corrected chi connectivity index (χ1v) is 12.8. The molecule has 182 valence electrons. The number of halogens is 1. The van der Waals surface area contributed by atoms with E-state index in [-0.39, 0.29) is 28.3 Å². The van der Waals surface area contributed by atoms with Crippen molar-refractivity contribution >= 4 is 69.1 Å². The number of hydrogen-bond donors (Lipinski definition) is 1. The molecule has 1 aliphatic rings. The fourth-order valence-electron chi connectivity index (χ4n) is 3.82. The second-order valence-corrected chi connectivity index (χ2v) is 10.4. The van der Waals surface area contributed by atoms with Crippen molar-refractivity contribution in [1.29, 1.82) is 0 Å². The van der Waals surface area contributed by atoms with Gasteiger partial charge in [0.05, 0.1) is 21.7 Å². The first kappa shape index (κ1) is 24.7. The van der Waals surface area contributed by atoms with Gasteiger partial charge in [0.25, 0.3) is 23.4 Å². The van der Waals surface area contributed by atoms with Gasteiger partial charge in [-0.25, -0.2) is 4.90 Å². The van der Waals surface area contributed by atoms with E-state index in [0.29, 0.717) is 11.4 Å². The highest BCUT2D eigenvalue weighted by Gasteiger charge is 2.37. The van der Waals surface area contributed by atoms with E-state index in [9.17, 15) is 24.5 Å². The molecule has 1 heterocycles. The maximum absolute atomic E-state index is 13.2. The van der Waals surface area contributed by atoms with E-state index >= 15 is 0 Å². The van der Waals surface area contributed by atoms with Gasteiger partial charge in [0, 0.05) is 36.7 Å². The zero-order valence-corrected chi connectivity index (χ0v) is 21.9. The molecule has 8 nitrogen and oxygen atoms in total. The lowest BCUT2D eigenvalue weighted by Gasteiger charge is -2.14. The second-order valence-electron chi connectivity index (χ2n) is 8.02. The van der Waals surface area contributed by atoms with Gasteiger partial charge >= 0.3 is 0 Å². The number of nitro benzene ring substituents is 1. The predicted molar refractivity (Wildman–Crippen MR) is 148 cm³/mol. The minimum absolute atomic E-state index is 0.0146. The van der Waals surface area contributed by atoms with Crippen LogP contribution in [-0.4, -0.2) is 22.6 Å². The average molecular weight is 621 g/mol. The quantitative estimate of drug-likeness (QED) is 0.116. The molecule has 0 bridgehead atoms. The molecule has 4 aromatic carbocycles. The summed E-state index contributed by atoms with van der Waals surface area (Å²) in [5.74, 6) is -1.34. The Morgan fingerprint density at radius 2 is 1.49 bits per heavy atom. The summed E-state index contributed by atoms with van der Waals surface area (Å²) >= 11 is 3.55. The molecule has 0 aromatic heterocycles. The number of non-ortho nitro benzene ring substituents is 1. The number of amides is 3. The predicted octanol–water partition coefficient (Wildman–Crippen LogP) is 6.40. The van der Waals surface area contributed by atoms with Crippen LogP contribution >= 0.6 is 34.4 Å². The number of imide groups is 1. The Kier molecular flexibility index (Phi) is 6.76. The van der Waals surface area contributed by atoms with Crippen molar-refractivity contribution in [2.75, 3.05) is 10.2 Å². The molecule has 0 fully saturated rings. The van der Waals surface area contributed by atoms with E-state index in [1.807, 2.05) is 18.2 Å². The van der Waals surface area contributed by atoms with Gasteiger partial charge in [-0.15, -0.1) is 0 Å². The number of nitrogens with one attached hydrogen (secondary N) is 1. The first-order valence-electron chi connectivity index (χ1n) is 10.9. The van der Waals surface area contributed by atoms with Gasteiger partial charge in [-0.1, -0.05) is 17.8 Å². The van der Waals surface area contributed by atoms with Crippen molar-refractivity contribution in [3.05, 3.63) is 121 Å². The largest absolute Gasteiger partial charge is 0.322 e. The third-order valence-electron chi connectivity index (χ3n) is 5.61. The van der Waals surface area contributed by atoms with E-state index in [1.54, 1.807) is 42.5 Å². The molecule has 0 saturated carbocycles. The topological polar surface area (TPSA) is 110 Å². The Bertz CT molecular complexity index is 1570. The summed E-state index contributed by atoms with van der Waals surface area (Å²) in [4.78, 5) is 52.0. The van der Waals surface area contributed by atoms with Crippen LogP contribution in [0.3, 0.4) is 0 Å². The van der Waals surface area contributed by atoms with Crippen LogP contribution in [-0.2, 0) is 0 Å². The molecular formula is C27H16IN3O5S. The molecule has 1 aliphatic heterocycles. The fraction of sp³-hybridized carbons (Fsp3) is 0. The Morgan fingerprint density at radius 3 is 2.14 bits per heavy atom. The van der Waals surface area contributed by atoms with Crippen molar-refractivity contribution in [2.45, 2.75) is 9.79 Å². The maximum atomic E-state index is 13.2. The molecule has 0 aliphatic carbocycles. The van der Waals surface area contributed by atoms with E-state index < -0.39 is 16.7 Å². The van der Waals surface area contributed by atoms with Gasteiger partial charge in [0.2, 0.25) is 0 Å². The minimum atomic E-state index is -0.500. The highest BCUT2D eigenvalue weighted by molar-refractivity contribution is 14.1. The van der Waals surface area contributed by atoms with Crippen LogP contribution < -0.4 is 10.2 Å². The van der Waals surface area contributed by atoms with E-state index in [2.05, 4.69) is 27.9 Å². The summed E-state index contributed by atoms with van der Waals surface area (Å²) in [6, 6.07) is 24.9. The number of hydrogen-bond acceptors (Lipinski definition) is 6. The number of fused-ring (bicyclic) bond motifs is 1. The Hall–Kier alpha value is -4.03. The van der Waals surface area contributed by atoms with Crippen molar-refractivity contribution in [3.63, 3.8) is 0 Å². The summed E-state index contributed by atoms with van der Waals surface area (Å²) in [7, 11) is 0. The summed E-state index contributed by atoms with van der Waals surface area (Å²) in [6.07, 6.45) is 0. The van der Waals surface area contributed by atoms with Crippen molar-refractivity contribution in [1.82, 2.24) is 0 Å². The van der Waals surface area contributed by atoms with Crippen LogP contribution in [0.15, 0.2) is 101 Å². The van der Waals surface area contributed by atoms with Crippen LogP contribution in [0.1, 0.15) is 31.1 Å². The molecule has 10 heteroatoms. The number of carbonyl (C=O) groups is 3. The lowest BCUT2D eigenvalue weighted by Crippen LogP contribution is -2.29. The average Bonchev–Trinajstić information content (AvgIpc) is 3.14. The van der Waals surface area contributed by atoms with Gasteiger partial charge in [-0.05, 0) is 95.4 Å². The summed E-state index contributed by atoms with van der Waals surface area (Å²) in [5.41, 5.74) is 1.73. The normalized spacial score (nSPS) is 12.4.